The zero-order valence-corrected chi connectivity index (χ0v) is 21.8. The number of carbonyl (C=O) groups excluding carboxylic acids is 1. The molecule has 0 N–H and O–H groups in total. The first-order valence-corrected chi connectivity index (χ1v) is 12.9. The van der Waals surface area contributed by atoms with Crippen LogP contribution in [0.5, 0.6) is 23.0 Å². The van der Waals surface area contributed by atoms with Gasteiger partial charge in [-0.15, -0.1) is 0 Å². The van der Waals surface area contributed by atoms with Crippen molar-refractivity contribution < 1.29 is 36.4 Å². The van der Waals surface area contributed by atoms with Crippen molar-refractivity contribution in [3.8, 4) is 23.0 Å². The van der Waals surface area contributed by atoms with Gasteiger partial charge in [-0.05, 0) is 55.4 Å². The molecular weight excluding hydrogens is 509 g/mol. The maximum absolute atomic E-state index is 15.8. The molecule has 2 aliphatic rings. The van der Waals surface area contributed by atoms with E-state index in [2.05, 4.69) is 4.98 Å². The van der Waals surface area contributed by atoms with Gasteiger partial charge in [0.05, 0.1) is 29.8 Å². The van der Waals surface area contributed by atoms with E-state index in [0.29, 0.717) is 22.4 Å². The average Bonchev–Trinajstić information content (AvgIpc) is 3.70. The van der Waals surface area contributed by atoms with Crippen LogP contribution in [0.25, 0.3) is 17.0 Å². The van der Waals surface area contributed by atoms with Gasteiger partial charge in [0.25, 0.3) is 0 Å². The van der Waals surface area contributed by atoms with E-state index in [4.69, 9.17) is 27.2 Å². The average molecular weight is 546 g/mol. The summed E-state index contributed by atoms with van der Waals surface area (Å²) in [6.07, 6.45) is 2.96. The molecule has 0 saturated heterocycles. The summed E-state index contributed by atoms with van der Waals surface area (Å²) >= 11 is 0. The minimum absolute atomic E-state index is 0.0214. The van der Waals surface area contributed by atoms with Crippen LogP contribution in [-0.4, -0.2) is 24.7 Å². The Morgan fingerprint density at radius 3 is 2.73 bits per heavy atom. The highest BCUT2D eigenvalue weighted by atomic mass is 19.1. The van der Waals surface area contributed by atoms with Gasteiger partial charge in [-0.2, -0.15) is 0 Å². The van der Waals surface area contributed by atoms with Crippen molar-refractivity contribution in [1.82, 2.24) is 4.98 Å². The number of hydrogen-bond donors (Lipinski definition) is 0. The van der Waals surface area contributed by atoms with E-state index >= 15 is 4.39 Å². The smallest absolute Gasteiger partial charge is 0.306 e. The molecule has 0 atom stereocenters. The number of pyridine rings is 1. The van der Waals surface area contributed by atoms with Crippen LogP contribution in [-0.2, 0) is 22.6 Å². The highest BCUT2D eigenvalue weighted by molar-refractivity contribution is 5.88. The second-order valence-corrected chi connectivity index (χ2v) is 10.1. The summed E-state index contributed by atoms with van der Waals surface area (Å²) in [5.41, 5.74) is 0.326. The third-order valence-electron chi connectivity index (χ3n) is 7.13. The van der Waals surface area contributed by atoms with Gasteiger partial charge in [0.1, 0.15) is 12.4 Å². The standard InChI is InChI=1S/C33H30FNO5/c1-21-14-23-8-9-28(32(34)24(23)15-21)40-27-10-13-35-26-17-30(29(37-2)16-25(26)27)39-20-33(11-12-33)18-31(36)38-19-22-6-4-3-5-7-22/h3-10,13,15-17H,11-12,14,18-20H2,1-2H3/i1D3,8D,9D,15D. The molecule has 4 aromatic rings. The fourth-order valence-corrected chi connectivity index (χ4v) is 4.68. The highest BCUT2D eigenvalue weighted by Gasteiger charge is 2.46. The molecule has 0 aliphatic heterocycles. The molecule has 0 bridgehead atoms. The summed E-state index contributed by atoms with van der Waals surface area (Å²) in [4.78, 5) is 16.9. The summed E-state index contributed by atoms with van der Waals surface area (Å²) in [6.45, 7) is -2.18. The number of rotatable bonds is 10. The number of hydrogen-bond acceptors (Lipinski definition) is 6. The fourth-order valence-electron chi connectivity index (χ4n) is 4.68. The van der Waals surface area contributed by atoms with Crippen molar-refractivity contribution >= 4 is 22.9 Å². The van der Waals surface area contributed by atoms with Crippen molar-refractivity contribution in [1.29, 1.82) is 0 Å². The lowest BCUT2D eigenvalue weighted by atomic mass is 10.0. The fraction of sp³-hybridized carbons (Fsp3) is 0.273. The Labute approximate surface area is 240 Å². The molecule has 0 amide bonds. The van der Waals surface area contributed by atoms with Gasteiger partial charge < -0.3 is 18.9 Å². The van der Waals surface area contributed by atoms with Crippen molar-refractivity contribution in [2.24, 2.45) is 5.41 Å². The molecule has 2 aliphatic carbocycles. The van der Waals surface area contributed by atoms with Crippen molar-refractivity contribution in [2.45, 2.75) is 39.1 Å². The summed E-state index contributed by atoms with van der Waals surface area (Å²) in [6, 6.07) is 12.7. The Hall–Kier alpha value is -4.39. The number of esters is 1. The number of halogens is 1. The molecule has 40 heavy (non-hydrogen) atoms. The molecule has 0 spiro atoms. The molecule has 0 unspecified atom stereocenters. The Balaban J connectivity index is 1.22. The third-order valence-corrected chi connectivity index (χ3v) is 7.13. The maximum atomic E-state index is 15.8. The Kier molecular flexibility index (Phi) is 5.22. The minimum atomic E-state index is -2.64. The van der Waals surface area contributed by atoms with Gasteiger partial charge in [-0.1, -0.05) is 48.0 Å². The van der Waals surface area contributed by atoms with Gasteiger partial charge >= 0.3 is 5.97 Å². The van der Waals surface area contributed by atoms with E-state index in [1.807, 2.05) is 30.3 Å². The number of fused-ring (bicyclic) bond motifs is 2. The van der Waals surface area contributed by atoms with Crippen LogP contribution in [0.1, 0.15) is 51.0 Å². The summed E-state index contributed by atoms with van der Waals surface area (Å²) in [5.74, 6) is -1.16. The van der Waals surface area contributed by atoms with E-state index < -0.39 is 36.6 Å². The number of aromatic nitrogens is 1. The first-order valence-electron chi connectivity index (χ1n) is 15.9. The first-order chi connectivity index (χ1) is 21.9. The second-order valence-electron chi connectivity index (χ2n) is 10.1. The van der Waals surface area contributed by atoms with E-state index in [1.165, 1.54) is 19.4 Å². The molecule has 0 radical (unpaired) electrons. The van der Waals surface area contributed by atoms with Crippen molar-refractivity contribution in [2.75, 3.05) is 13.7 Å². The SMILES string of the molecule is [2H]C1=C(C([2H])([2H])[2H])Cc2c([2H])c([2H])c(Oc3ccnc4cc(OCC5(CC(=O)OCc6ccccc6)CC5)c(OC)cc34)c(F)c21. The van der Waals surface area contributed by atoms with Gasteiger partial charge in [0.2, 0.25) is 0 Å². The second kappa shape index (κ2) is 10.6. The van der Waals surface area contributed by atoms with E-state index in [-0.39, 0.29) is 59.9 Å². The zero-order chi connectivity index (χ0) is 32.8. The first kappa shape index (κ1) is 19.6. The maximum Gasteiger partial charge on any atom is 0.306 e. The predicted molar refractivity (Wildman–Crippen MR) is 150 cm³/mol. The van der Waals surface area contributed by atoms with Crippen LogP contribution in [0.15, 0.2) is 72.4 Å². The van der Waals surface area contributed by atoms with E-state index in [9.17, 15) is 4.79 Å². The monoisotopic (exact) mass is 545 g/mol. The molecule has 204 valence electrons. The number of nitrogens with zero attached hydrogens (tertiary/aromatic N) is 1. The Bertz CT molecular complexity index is 1870. The lowest BCUT2D eigenvalue weighted by molar-refractivity contribution is -0.146. The van der Waals surface area contributed by atoms with Gasteiger partial charge in [0, 0.05) is 32.7 Å². The predicted octanol–water partition coefficient (Wildman–Crippen LogP) is 7.43. The van der Waals surface area contributed by atoms with Gasteiger partial charge in [-0.3, -0.25) is 9.78 Å². The van der Waals surface area contributed by atoms with Crippen LogP contribution >= 0.6 is 0 Å². The number of allylic oxidation sites excluding steroid dienone is 1. The van der Waals surface area contributed by atoms with Crippen LogP contribution < -0.4 is 14.2 Å². The quantitative estimate of drug-likeness (QED) is 0.193. The van der Waals surface area contributed by atoms with Crippen LogP contribution in [0.3, 0.4) is 0 Å². The van der Waals surface area contributed by atoms with Gasteiger partial charge in [-0.25, -0.2) is 4.39 Å². The number of benzene rings is 3. The molecule has 1 heterocycles. The molecule has 6 rings (SSSR count). The number of ether oxygens (including phenoxy) is 4. The molecule has 7 heteroatoms. The van der Waals surface area contributed by atoms with Gasteiger partial charge in [0.15, 0.2) is 23.1 Å². The third kappa shape index (κ3) is 5.37. The number of carbonyl (C=O) groups is 1. The van der Waals surface area contributed by atoms with Crippen molar-refractivity contribution in [3.05, 3.63) is 94.9 Å². The molecule has 3 aromatic carbocycles. The van der Waals surface area contributed by atoms with Crippen molar-refractivity contribution in [3.63, 3.8) is 0 Å². The summed E-state index contributed by atoms with van der Waals surface area (Å²) in [5, 5.41) is 0.396. The zero-order valence-electron chi connectivity index (χ0n) is 27.8. The topological polar surface area (TPSA) is 66.9 Å². The molecule has 1 fully saturated rings. The molecular formula is C33H30FNO5. The largest absolute Gasteiger partial charge is 0.493 e. The van der Waals surface area contributed by atoms with Crippen LogP contribution in [0.2, 0.25) is 0 Å². The van der Waals surface area contributed by atoms with Crippen LogP contribution in [0.4, 0.5) is 4.39 Å². The van der Waals surface area contributed by atoms with E-state index in [0.717, 1.165) is 18.4 Å². The minimum Gasteiger partial charge on any atom is -0.493 e. The number of methoxy groups -OCH3 is 1. The molecule has 1 saturated carbocycles. The highest BCUT2D eigenvalue weighted by Crippen LogP contribution is 2.50. The lowest BCUT2D eigenvalue weighted by Gasteiger charge is -2.18. The molecule has 1 aromatic heterocycles. The Morgan fingerprint density at radius 1 is 1.10 bits per heavy atom. The van der Waals surface area contributed by atoms with Crippen LogP contribution in [0, 0.1) is 11.2 Å². The molecule has 6 nitrogen and oxygen atoms in total. The van der Waals surface area contributed by atoms with E-state index in [1.54, 1.807) is 12.1 Å². The normalized spacial score (nSPS) is 17.6. The Morgan fingerprint density at radius 2 is 1.95 bits per heavy atom. The summed E-state index contributed by atoms with van der Waals surface area (Å²) < 4.78 is 87.1. The summed E-state index contributed by atoms with van der Waals surface area (Å²) in [7, 11) is 1.46. The lowest BCUT2D eigenvalue weighted by Crippen LogP contribution is -2.19.